The number of hydrogen-bond acceptors (Lipinski definition) is 2. The Hall–Kier alpha value is -1.02. The first-order valence-corrected chi connectivity index (χ1v) is 6.98. The second kappa shape index (κ2) is 6.24. The van der Waals surface area contributed by atoms with Crippen molar-refractivity contribution in [1.29, 1.82) is 0 Å². The number of rotatable bonds is 3. The molecule has 0 bridgehead atoms. The summed E-state index contributed by atoms with van der Waals surface area (Å²) in [5.74, 6) is 1.04. The van der Waals surface area contributed by atoms with Crippen molar-refractivity contribution >= 4 is 17.4 Å². The van der Waals surface area contributed by atoms with E-state index in [4.69, 9.17) is 16.3 Å². The Bertz CT molecular complexity index is 421. The van der Waals surface area contributed by atoms with E-state index in [9.17, 15) is 4.79 Å². The van der Waals surface area contributed by atoms with Gasteiger partial charge >= 0.3 is 0 Å². The summed E-state index contributed by atoms with van der Waals surface area (Å²) in [4.78, 5) is 12.4. The lowest BCUT2D eigenvalue weighted by Crippen LogP contribution is -2.14. The Morgan fingerprint density at radius 1 is 1.22 bits per heavy atom. The average molecular weight is 267 g/mol. The summed E-state index contributed by atoms with van der Waals surface area (Å²) in [6.45, 7) is 0. The molecule has 3 heteroatoms. The fraction of sp³-hybridized carbons (Fsp3) is 0.533. The molecule has 1 aliphatic rings. The highest BCUT2D eigenvalue weighted by Crippen LogP contribution is 2.30. The van der Waals surface area contributed by atoms with Crippen LogP contribution in [0.4, 0.5) is 0 Å². The number of carbonyl (C=O) groups excluding carboxylic acids is 1. The molecular weight excluding hydrogens is 248 g/mol. The first-order chi connectivity index (χ1) is 8.72. The first kappa shape index (κ1) is 13.4. The van der Waals surface area contributed by atoms with Crippen molar-refractivity contribution in [3.05, 3.63) is 28.8 Å². The van der Waals surface area contributed by atoms with Crippen molar-refractivity contribution in [2.24, 2.45) is 5.92 Å². The van der Waals surface area contributed by atoms with Gasteiger partial charge in [0, 0.05) is 11.5 Å². The number of halogens is 1. The van der Waals surface area contributed by atoms with Gasteiger partial charge in [-0.2, -0.15) is 0 Å². The zero-order chi connectivity index (χ0) is 13.0. The van der Waals surface area contributed by atoms with Crippen molar-refractivity contribution < 1.29 is 9.53 Å². The molecule has 2 rings (SSSR count). The van der Waals surface area contributed by atoms with Crippen LogP contribution in [0.5, 0.6) is 5.75 Å². The van der Waals surface area contributed by atoms with Crippen LogP contribution in [0.1, 0.15) is 48.9 Å². The molecule has 1 aromatic rings. The highest BCUT2D eigenvalue weighted by atomic mass is 35.5. The van der Waals surface area contributed by atoms with Gasteiger partial charge in [-0.3, -0.25) is 4.79 Å². The number of benzene rings is 1. The third-order valence-corrected chi connectivity index (χ3v) is 3.98. The molecule has 0 heterocycles. The van der Waals surface area contributed by atoms with Gasteiger partial charge in [0.05, 0.1) is 12.1 Å². The molecular formula is C15H19ClO2. The number of ketones is 1. The maximum atomic E-state index is 12.4. The number of Topliss-reactive ketones (excluding diaryl/α,β-unsaturated/α-hetero) is 1. The highest BCUT2D eigenvalue weighted by Gasteiger charge is 2.23. The summed E-state index contributed by atoms with van der Waals surface area (Å²) in [7, 11) is 1.60. The lowest BCUT2D eigenvalue weighted by atomic mass is 9.91. The number of carbonyl (C=O) groups is 1. The summed E-state index contributed by atoms with van der Waals surface area (Å²) in [6, 6.07) is 5.30. The van der Waals surface area contributed by atoms with Gasteiger partial charge in [-0.25, -0.2) is 0 Å². The summed E-state index contributed by atoms with van der Waals surface area (Å²) < 4.78 is 5.10. The van der Waals surface area contributed by atoms with Gasteiger partial charge in [-0.1, -0.05) is 37.3 Å². The van der Waals surface area contributed by atoms with Crippen LogP contribution in [-0.2, 0) is 0 Å². The Balaban J connectivity index is 2.16. The molecule has 0 amide bonds. The van der Waals surface area contributed by atoms with Crippen molar-refractivity contribution in [3.8, 4) is 5.75 Å². The Labute approximate surface area is 113 Å². The Morgan fingerprint density at radius 2 is 1.89 bits per heavy atom. The number of hydrogen-bond donors (Lipinski definition) is 0. The van der Waals surface area contributed by atoms with Gasteiger partial charge in [0.15, 0.2) is 5.78 Å². The van der Waals surface area contributed by atoms with Gasteiger partial charge in [0.25, 0.3) is 0 Å². The standard InChI is InChI=1S/C15H19ClO2/c1-18-12-8-9-13(14(16)10-12)15(17)11-6-4-2-3-5-7-11/h8-11H,2-7H2,1H3. The summed E-state index contributed by atoms with van der Waals surface area (Å²) in [5.41, 5.74) is 0.643. The molecule has 1 fully saturated rings. The third-order valence-electron chi connectivity index (χ3n) is 3.67. The van der Waals surface area contributed by atoms with E-state index >= 15 is 0 Å². The molecule has 2 nitrogen and oxygen atoms in total. The largest absolute Gasteiger partial charge is 0.497 e. The summed E-state index contributed by atoms with van der Waals surface area (Å²) in [5, 5.41) is 0.503. The van der Waals surface area contributed by atoms with E-state index in [-0.39, 0.29) is 11.7 Å². The molecule has 18 heavy (non-hydrogen) atoms. The predicted molar refractivity (Wildman–Crippen MR) is 73.5 cm³/mol. The van der Waals surface area contributed by atoms with Crippen LogP contribution in [-0.4, -0.2) is 12.9 Å². The SMILES string of the molecule is COc1ccc(C(=O)C2CCCCCC2)c(Cl)c1. The second-order valence-corrected chi connectivity index (χ2v) is 5.31. The predicted octanol–water partition coefficient (Wildman–Crippen LogP) is 4.50. The number of ether oxygens (including phenoxy) is 1. The van der Waals surface area contributed by atoms with Gasteiger partial charge in [0.2, 0.25) is 0 Å². The molecule has 0 radical (unpaired) electrons. The zero-order valence-electron chi connectivity index (χ0n) is 10.7. The van der Waals surface area contributed by atoms with E-state index in [2.05, 4.69) is 0 Å². The smallest absolute Gasteiger partial charge is 0.167 e. The number of methoxy groups -OCH3 is 1. The fourth-order valence-electron chi connectivity index (χ4n) is 2.58. The van der Waals surface area contributed by atoms with E-state index in [1.807, 2.05) is 0 Å². The van der Waals surface area contributed by atoms with Crippen LogP contribution >= 0.6 is 11.6 Å². The average Bonchev–Trinajstić information content (AvgIpc) is 2.66. The molecule has 0 N–H and O–H groups in total. The monoisotopic (exact) mass is 266 g/mol. The van der Waals surface area contributed by atoms with Gasteiger partial charge in [-0.15, -0.1) is 0 Å². The van der Waals surface area contributed by atoms with Crippen molar-refractivity contribution in [2.45, 2.75) is 38.5 Å². The third kappa shape index (κ3) is 3.05. The maximum absolute atomic E-state index is 12.4. The second-order valence-electron chi connectivity index (χ2n) is 4.90. The van der Waals surface area contributed by atoms with Gasteiger partial charge < -0.3 is 4.74 Å². The molecule has 98 valence electrons. The van der Waals surface area contributed by atoms with Crippen LogP contribution < -0.4 is 4.74 Å². The Kier molecular flexibility index (Phi) is 4.65. The molecule has 0 aliphatic heterocycles. The zero-order valence-corrected chi connectivity index (χ0v) is 11.5. The molecule has 0 saturated heterocycles. The van der Waals surface area contributed by atoms with E-state index in [0.29, 0.717) is 16.3 Å². The van der Waals surface area contributed by atoms with Crippen molar-refractivity contribution in [1.82, 2.24) is 0 Å². The minimum Gasteiger partial charge on any atom is -0.497 e. The Morgan fingerprint density at radius 3 is 2.44 bits per heavy atom. The molecule has 1 saturated carbocycles. The molecule has 1 aromatic carbocycles. The first-order valence-electron chi connectivity index (χ1n) is 6.60. The molecule has 1 aliphatic carbocycles. The lowest BCUT2D eigenvalue weighted by Gasteiger charge is -2.14. The lowest BCUT2D eigenvalue weighted by molar-refractivity contribution is 0.0908. The topological polar surface area (TPSA) is 26.3 Å². The van der Waals surface area contributed by atoms with Crippen LogP contribution in [0.15, 0.2) is 18.2 Å². The quantitative estimate of drug-likeness (QED) is 0.595. The van der Waals surface area contributed by atoms with Gasteiger partial charge in [-0.05, 0) is 31.0 Å². The van der Waals surface area contributed by atoms with E-state index in [0.717, 1.165) is 25.7 Å². The van der Waals surface area contributed by atoms with Crippen LogP contribution in [0.2, 0.25) is 5.02 Å². The molecule has 0 aromatic heterocycles. The summed E-state index contributed by atoms with van der Waals surface area (Å²) >= 11 is 6.16. The van der Waals surface area contributed by atoms with E-state index < -0.39 is 0 Å². The van der Waals surface area contributed by atoms with Crippen molar-refractivity contribution in [3.63, 3.8) is 0 Å². The molecule has 0 unspecified atom stereocenters. The molecule has 0 atom stereocenters. The van der Waals surface area contributed by atoms with Crippen molar-refractivity contribution in [2.75, 3.05) is 7.11 Å². The van der Waals surface area contributed by atoms with E-state index in [1.54, 1.807) is 25.3 Å². The minimum absolute atomic E-state index is 0.151. The minimum atomic E-state index is 0.151. The fourth-order valence-corrected chi connectivity index (χ4v) is 2.85. The molecule has 0 spiro atoms. The van der Waals surface area contributed by atoms with Crippen LogP contribution in [0.3, 0.4) is 0 Å². The normalized spacial score (nSPS) is 17.2. The highest BCUT2D eigenvalue weighted by molar-refractivity contribution is 6.34. The van der Waals surface area contributed by atoms with Gasteiger partial charge in [0.1, 0.15) is 5.75 Å². The van der Waals surface area contributed by atoms with Crippen LogP contribution in [0, 0.1) is 5.92 Å². The summed E-state index contributed by atoms with van der Waals surface area (Å²) in [6.07, 6.45) is 6.82. The van der Waals surface area contributed by atoms with Crippen LogP contribution in [0.25, 0.3) is 0 Å². The van der Waals surface area contributed by atoms with E-state index in [1.165, 1.54) is 12.8 Å². The maximum Gasteiger partial charge on any atom is 0.167 e.